The summed E-state index contributed by atoms with van der Waals surface area (Å²) in [7, 11) is 2.14. The Labute approximate surface area is 247 Å². The molecule has 2 aromatic rings. The second-order valence-corrected chi connectivity index (χ2v) is 12.0. The first-order valence-electron chi connectivity index (χ1n) is 15.3. The predicted molar refractivity (Wildman–Crippen MR) is 159 cm³/mol. The third kappa shape index (κ3) is 5.54. The van der Waals surface area contributed by atoms with Crippen LogP contribution in [0.4, 0.5) is 15.9 Å². The van der Waals surface area contributed by atoms with Crippen molar-refractivity contribution in [3.63, 3.8) is 0 Å². The molecule has 0 spiro atoms. The van der Waals surface area contributed by atoms with Crippen molar-refractivity contribution in [1.29, 1.82) is 5.26 Å². The molecule has 222 valence electrons. The molecule has 2 saturated heterocycles. The minimum absolute atomic E-state index is 0.137. The third-order valence-corrected chi connectivity index (χ3v) is 9.46. The number of fused-ring (bicyclic) bond motifs is 2. The number of amides is 1. The fourth-order valence-corrected chi connectivity index (χ4v) is 7.13. The second-order valence-electron chi connectivity index (χ2n) is 12.0. The number of likely N-dealkylation sites (N-methyl/N-ethyl adjacent to an activating group) is 1. The van der Waals surface area contributed by atoms with Crippen molar-refractivity contribution in [1.82, 2.24) is 19.8 Å². The number of ether oxygens (including phenoxy) is 1. The lowest BCUT2D eigenvalue weighted by atomic mass is 9.91. The van der Waals surface area contributed by atoms with Crippen LogP contribution in [0.1, 0.15) is 54.5 Å². The number of aromatic nitrogens is 2. The van der Waals surface area contributed by atoms with E-state index in [1.165, 1.54) is 24.3 Å². The maximum Gasteiger partial charge on any atom is 0.246 e. The van der Waals surface area contributed by atoms with Gasteiger partial charge in [0.05, 0.1) is 37.0 Å². The SMILES string of the molecule is C=CC(=O)N1CCN(c2cc(OC[C@@H]3CCCN3C)nc3c2CCN(c2ncc(F)c4c2CCCC4)C3)C[C@@H]1CC#N. The molecule has 0 unspecified atom stereocenters. The maximum atomic E-state index is 14.6. The van der Waals surface area contributed by atoms with Gasteiger partial charge in [-0.1, -0.05) is 6.58 Å². The molecule has 42 heavy (non-hydrogen) atoms. The zero-order valence-electron chi connectivity index (χ0n) is 24.5. The second kappa shape index (κ2) is 12.3. The van der Waals surface area contributed by atoms with E-state index >= 15 is 0 Å². The summed E-state index contributed by atoms with van der Waals surface area (Å²) in [5.41, 5.74) is 5.05. The molecular weight excluding hydrogens is 533 g/mol. The number of nitrogens with zero attached hydrogens (tertiary/aromatic N) is 7. The molecular formula is C32H40FN7O2. The summed E-state index contributed by atoms with van der Waals surface area (Å²) in [6, 6.07) is 4.46. The van der Waals surface area contributed by atoms with E-state index in [1.807, 2.05) is 0 Å². The molecule has 2 aromatic heterocycles. The van der Waals surface area contributed by atoms with E-state index in [0.29, 0.717) is 44.7 Å². The Morgan fingerprint density at radius 1 is 1.12 bits per heavy atom. The van der Waals surface area contributed by atoms with Crippen LogP contribution in [0.25, 0.3) is 0 Å². The smallest absolute Gasteiger partial charge is 0.246 e. The monoisotopic (exact) mass is 573 g/mol. The normalized spacial score (nSPS) is 22.4. The van der Waals surface area contributed by atoms with Gasteiger partial charge in [-0.3, -0.25) is 4.79 Å². The minimum atomic E-state index is -0.218. The van der Waals surface area contributed by atoms with Crippen LogP contribution in [0.2, 0.25) is 0 Å². The van der Waals surface area contributed by atoms with Crippen LogP contribution in [0, 0.1) is 17.1 Å². The summed E-state index contributed by atoms with van der Waals surface area (Å²) in [6.07, 6.45) is 9.70. The Hall–Kier alpha value is -3.71. The highest BCUT2D eigenvalue weighted by atomic mass is 19.1. The average molecular weight is 574 g/mol. The Kier molecular flexibility index (Phi) is 8.29. The molecule has 0 aromatic carbocycles. The number of halogens is 1. The molecule has 5 heterocycles. The summed E-state index contributed by atoms with van der Waals surface area (Å²) < 4.78 is 21.0. The van der Waals surface area contributed by atoms with Crippen molar-refractivity contribution in [2.75, 3.05) is 56.2 Å². The first-order valence-corrected chi connectivity index (χ1v) is 15.3. The van der Waals surface area contributed by atoms with Crippen LogP contribution in [0.5, 0.6) is 5.88 Å². The first-order chi connectivity index (χ1) is 20.5. The molecule has 3 aliphatic heterocycles. The van der Waals surface area contributed by atoms with Crippen LogP contribution in [0.15, 0.2) is 24.9 Å². The third-order valence-electron chi connectivity index (χ3n) is 9.46. The van der Waals surface area contributed by atoms with Gasteiger partial charge in [0.25, 0.3) is 0 Å². The van der Waals surface area contributed by atoms with Crippen molar-refractivity contribution < 1.29 is 13.9 Å². The topological polar surface area (TPSA) is 88.8 Å². The van der Waals surface area contributed by atoms with E-state index < -0.39 is 0 Å². The molecule has 2 atom stereocenters. The van der Waals surface area contributed by atoms with E-state index in [2.05, 4.69) is 45.4 Å². The van der Waals surface area contributed by atoms with E-state index in [-0.39, 0.29) is 24.2 Å². The molecule has 1 amide bonds. The fraction of sp³-hybridized carbons (Fsp3) is 0.562. The van der Waals surface area contributed by atoms with Crippen molar-refractivity contribution in [2.24, 2.45) is 0 Å². The lowest BCUT2D eigenvalue weighted by Gasteiger charge is -2.43. The Bertz CT molecular complexity index is 1390. The number of carbonyl (C=O) groups is 1. The van der Waals surface area contributed by atoms with Crippen LogP contribution in [0.3, 0.4) is 0 Å². The maximum absolute atomic E-state index is 14.6. The van der Waals surface area contributed by atoms with E-state index in [4.69, 9.17) is 9.72 Å². The minimum Gasteiger partial charge on any atom is -0.476 e. The Balaban J connectivity index is 1.32. The van der Waals surface area contributed by atoms with Crippen LogP contribution < -0.4 is 14.5 Å². The number of likely N-dealkylation sites (tertiary alicyclic amines) is 1. The van der Waals surface area contributed by atoms with Gasteiger partial charge in [-0.2, -0.15) is 5.26 Å². The van der Waals surface area contributed by atoms with Gasteiger partial charge in [0.1, 0.15) is 18.2 Å². The van der Waals surface area contributed by atoms with Gasteiger partial charge in [0.2, 0.25) is 11.8 Å². The number of anilines is 2. The molecule has 2 fully saturated rings. The van der Waals surface area contributed by atoms with Gasteiger partial charge in [-0.25, -0.2) is 14.4 Å². The first kappa shape index (κ1) is 28.4. The highest BCUT2D eigenvalue weighted by molar-refractivity contribution is 5.87. The number of hydrogen-bond acceptors (Lipinski definition) is 8. The summed E-state index contributed by atoms with van der Waals surface area (Å²) in [5, 5.41) is 9.52. The van der Waals surface area contributed by atoms with E-state index in [1.54, 1.807) is 4.90 Å². The largest absolute Gasteiger partial charge is 0.476 e. The van der Waals surface area contributed by atoms with Crippen LogP contribution >= 0.6 is 0 Å². The molecule has 6 rings (SSSR count). The van der Waals surface area contributed by atoms with Gasteiger partial charge < -0.3 is 24.3 Å². The zero-order chi connectivity index (χ0) is 29.2. The lowest BCUT2D eigenvalue weighted by molar-refractivity contribution is -0.128. The quantitative estimate of drug-likeness (QED) is 0.464. The van der Waals surface area contributed by atoms with Crippen LogP contribution in [-0.2, 0) is 30.6 Å². The number of piperazine rings is 1. The number of rotatable bonds is 7. The molecule has 4 aliphatic rings. The molecule has 9 nitrogen and oxygen atoms in total. The standard InChI is InChI=1S/C32H40FN7O2/c1-3-31(41)40-16-15-38(19-22(40)10-12-34)29-17-30(42-21-23-7-6-13-37(23)2)36-28-20-39(14-11-26(28)29)32-25-9-5-4-8-24(25)27(33)18-35-32/h3,17-18,22-23H,1,4-11,13-16,19-21H2,2H3/t22-,23-/m0/s1. The number of hydrogen-bond donors (Lipinski definition) is 0. The highest BCUT2D eigenvalue weighted by Crippen LogP contribution is 2.37. The van der Waals surface area contributed by atoms with Gasteiger partial charge in [-0.15, -0.1) is 0 Å². The van der Waals surface area contributed by atoms with E-state index in [9.17, 15) is 14.4 Å². The summed E-state index contributed by atoms with van der Waals surface area (Å²) >= 11 is 0. The molecule has 0 bridgehead atoms. The Morgan fingerprint density at radius 3 is 2.71 bits per heavy atom. The van der Waals surface area contributed by atoms with E-state index in [0.717, 1.165) is 79.9 Å². The summed E-state index contributed by atoms with van der Waals surface area (Å²) in [5.74, 6) is 1.15. The van der Waals surface area contributed by atoms with Crippen LogP contribution in [-0.4, -0.2) is 84.1 Å². The fourth-order valence-electron chi connectivity index (χ4n) is 7.13. The molecule has 0 N–H and O–H groups in total. The molecule has 1 aliphatic carbocycles. The van der Waals surface area contributed by atoms with Crippen molar-refractivity contribution in [3.05, 3.63) is 53.1 Å². The van der Waals surface area contributed by atoms with Gasteiger partial charge in [0.15, 0.2) is 0 Å². The predicted octanol–water partition coefficient (Wildman–Crippen LogP) is 3.65. The zero-order valence-corrected chi connectivity index (χ0v) is 24.5. The van der Waals surface area contributed by atoms with Gasteiger partial charge in [0, 0.05) is 55.1 Å². The van der Waals surface area contributed by atoms with Crippen molar-refractivity contribution in [3.8, 4) is 11.9 Å². The van der Waals surface area contributed by atoms with Gasteiger partial charge in [-0.05, 0) is 70.2 Å². The van der Waals surface area contributed by atoms with Crippen molar-refractivity contribution in [2.45, 2.75) is 70.0 Å². The number of carbonyl (C=O) groups excluding carboxylic acids is 1. The lowest BCUT2D eigenvalue weighted by Crippen LogP contribution is -2.55. The van der Waals surface area contributed by atoms with Crippen molar-refractivity contribution >= 4 is 17.4 Å². The average Bonchev–Trinajstić information content (AvgIpc) is 3.43. The molecule has 10 heteroatoms. The summed E-state index contributed by atoms with van der Waals surface area (Å²) in [4.78, 5) is 30.8. The number of nitriles is 1. The Morgan fingerprint density at radius 2 is 1.95 bits per heavy atom. The summed E-state index contributed by atoms with van der Waals surface area (Å²) in [6.45, 7) is 8.38. The highest BCUT2D eigenvalue weighted by Gasteiger charge is 2.33. The molecule has 0 radical (unpaired) electrons. The van der Waals surface area contributed by atoms with Gasteiger partial charge >= 0.3 is 0 Å². The number of pyridine rings is 2. The molecule has 0 saturated carbocycles.